The van der Waals surface area contributed by atoms with Crippen LogP contribution >= 0.6 is 11.8 Å². The SMILES string of the molecule is COc1ccc(NC(=O)C[N+]2=C3C=CSC3C(=O)N(Cc3ccc(C)c(C)c3)C2=O)cc1. The van der Waals surface area contributed by atoms with Gasteiger partial charge in [-0.1, -0.05) is 18.2 Å². The topological polar surface area (TPSA) is 78.7 Å². The van der Waals surface area contributed by atoms with Gasteiger partial charge in [-0.3, -0.25) is 4.79 Å². The van der Waals surface area contributed by atoms with Gasteiger partial charge in [-0.15, -0.1) is 11.8 Å². The Labute approximate surface area is 190 Å². The zero-order valence-corrected chi connectivity index (χ0v) is 18.9. The minimum absolute atomic E-state index is 0.166. The van der Waals surface area contributed by atoms with E-state index in [0.717, 1.165) is 16.7 Å². The number of aryl methyl sites for hydroxylation is 2. The maximum Gasteiger partial charge on any atom is 0.501 e. The molecule has 2 aromatic carbocycles. The molecule has 1 unspecified atom stereocenters. The zero-order valence-electron chi connectivity index (χ0n) is 18.1. The van der Waals surface area contributed by atoms with Crippen LogP contribution in [0.25, 0.3) is 0 Å². The maximum absolute atomic E-state index is 13.3. The molecule has 2 aliphatic heterocycles. The summed E-state index contributed by atoms with van der Waals surface area (Å²) in [7, 11) is 1.57. The van der Waals surface area contributed by atoms with Gasteiger partial charge in [0.1, 0.15) is 18.0 Å². The molecule has 0 radical (unpaired) electrons. The van der Waals surface area contributed by atoms with E-state index in [2.05, 4.69) is 5.32 Å². The second-order valence-corrected chi connectivity index (χ2v) is 8.75. The standard InChI is InChI=1S/C24H23N3O4S/c1-15-4-5-17(12-16(15)2)13-27-23(29)22-20(10-11-32-22)26(24(27)30)14-21(28)25-18-6-8-19(31-3)9-7-18/h4-12,22H,13-14H2,1-3H3/p+1. The predicted octanol–water partition coefficient (Wildman–Crippen LogP) is 3.50. The van der Waals surface area contributed by atoms with Crippen LogP contribution in [-0.2, 0) is 16.1 Å². The van der Waals surface area contributed by atoms with Crippen LogP contribution in [0.2, 0.25) is 0 Å². The lowest BCUT2D eigenvalue weighted by Crippen LogP contribution is -2.55. The number of fused-ring (bicyclic) bond motifs is 1. The fraction of sp³-hybridized carbons (Fsp3) is 0.250. The summed E-state index contributed by atoms with van der Waals surface area (Å²) in [5.74, 6) is 0.0757. The number of anilines is 1. The van der Waals surface area contributed by atoms with E-state index < -0.39 is 11.3 Å². The molecule has 0 aliphatic carbocycles. The smallest absolute Gasteiger partial charge is 0.497 e. The molecule has 0 fully saturated rings. The summed E-state index contributed by atoms with van der Waals surface area (Å²) in [6.07, 6.45) is 1.74. The zero-order chi connectivity index (χ0) is 22.8. The predicted molar refractivity (Wildman–Crippen MR) is 124 cm³/mol. The number of ether oxygens (including phenoxy) is 1. The first kappa shape index (κ1) is 21.8. The lowest BCUT2D eigenvalue weighted by molar-refractivity contribution is -0.426. The minimum atomic E-state index is -0.520. The Balaban J connectivity index is 1.55. The Morgan fingerprint density at radius 2 is 1.88 bits per heavy atom. The Kier molecular flexibility index (Phi) is 6.14. The monoisotopic (exact) mass is 450 g/mol. The van der Waals surface area contributed by atoms with Crippen molar-refractivity contribution in [3.05, 3.63) is 70.6 Å². The van der Waals surface area contributed by atoms with Crippen LogP contribution in [0.5, 0.6) is 5.75 Å². The van der Waals surface area contributed by atoms with E-state index in [0.29, 0.717) is 17.1 Å². The molecule has 1 N–H and O–H groups in total. The first-order valence-electron chi connectivity index (χ1n) is 10.2. The van der Waals surface area contributed by atoms with Gasteiger partial charge in [0.2, 0.25) is 0 Å². The number of hydrogen-bond donors (Lipinski definition) is 1. The van der Waals surface area contributed by atoms with E-state index in [-0.39, 0.29) is 24.9 Å². The summed E-state index contributed by atoms with van der Waals surface area (Å²) >= 11 is 1.35. The molecule has 1 atom stereocenters. The molecule has 0 bridgehead atoms. The summed E-state index contributed by atoms with van der Waals surface area (Å²) in [5, 5.41) is 4.06. The highest BCUT2D eigenvalue weighted by atomic mass is 32.2. The van der Waals surface area contributed by atoms with Gasteiger partial charge in [-0.25, -0.2) is 4.79 Å². The van der Waals surface area contributed by atoms with E-state index in [1.807, 2.05) is 32.0 Å². The van der Waals surface area contributed by atoms with E-state index in [9.17, 15) is 14.4 Å². The summed E-state index contributed by atoms with van der Waals surface area (Å²) in [6, 6.07) is 12.3. The average molecular weight is 451 g/mol. The van der Waals surface area contributed by atoms with Gasteiger partial charge in [-0.2, -0.15) is 14.3 Å². The van der Waals surface area contributed by atoms with Crippen LogP contribution < -0.4 is 10.1 Å². The number of carbonyl (C=O) groups is 3. The molecule has 2 heterocycles. The lowest BCUT2D eigenvalue weighted by atomic mass is 10.1. The first-order chi connectivity index (χ1) is 15.4. The van der Waals surface area contributed by atoms with Crippen LogP contribution in [0.15, 0.2) is 53.9 Å². The van der Waals surface area contributed by atoms with Crippen molar-refractivity contribution >= 4 is 41.0 Å². The molecule has 8 heteroatoms. The molecular formula is C24H24N3O4S+. The van der Waals surface area contributed by atoms with Gasteiger partial charge in [-0.05, 0) is 66.3 Å². The van der Waals surface area contributed by atoms with Gasteiger partial charge < -0.3 is 10.1 Å². The Bertz CT molecular complexity index is 1150. The molecule has 0 saturated heterocycles. The number of methoxy groups -OCH3 is 1. The normalized spacial score (nSPS) is 17.6. The van der Waals surface area contributed by atoms with Crippen molar-refractivity contribution in [3.63, 3.8) is 0 Å². The van der Waals surface area contributed by atoms with Crippen LogP contribution in [0.1, 0.15) is 16.7 Å². The van der Waals surface area contributed by atoms with E-state index >= 15 is 0 Å². The molecule has 2 aliphatic rings. The maximum atomic E-state index is 13.3. The van der Waals surface area contributed by atoms with Crippen molar-refractivity contribution in [2.24, 2.45) is 0 Å². The van der Waals surface area contributed by atoms with Gasteiger partial charge in [0.05, 0.1) is 7.11 Å². The second-order valence-electron chi connectivity index (χ2n) is 7.73. The number of nitrogens with zero attached hydrogens (tertiary/aromatic N) is 2. The van der Waals surface area contributed by atoms with Gasteiger partial charge in [0, 0.05) is 5.69 Å². The number of nitrogens with one attached hydrogen (secondary N) is 1. The molecule has 0 spiro atoms. The van der Waals surface area contributed by atoms with Gasteiger partial charge in [0.15, 0.2) is 11.8 Å². The highest BCUT2D eigenvalue weighted by Gasteiger charge is 2.49. The molecule has 4 rings (SSSR count). The number of hydrogen-bond acceptors (Lipinski definition) is 5. The van der Waals surface area contributed by atoms with Crippen molar-refractivity contribution in [1.82, 2.24) is 4.90 Å². The summed E-state index contributed by atoms with van der Waals surface area (Å²) < 4.78 is 6.52. The molecule has 7 nitrogen and oxygen atoms in total. The average Bonchev–Trinajstić information content (AvgIpc) is 3.27. The number of allylic oxidation sites excluding steroid dienone is 1. The second kappa shape index (κ2) is 9.00. The molecular weight excluding hydrogens is 426 g/mol. The minimum Gasteiger partial charge on any atom is -0.497 e. The van der Waals surface area contributed by atoms with Gasteiger partial charge >= 0.3 is 11.9 Å². The molecule has 164 valence electrons. The lowest BCUT2D eigenvalue weighted by Gasteiger charge is -2.24. The number of urea groups is 1. The number of carbonyl (C=O) groups excluding carboxylic acids is 3. The fourth-order valence-electron chi connectivity index (χ4n) is 3.66. The van der Waals surface area contributed by atoms with Crippen molar-refractivity contribution < 1.29 is 23.7 Å². The first-order valence-corrected chi connectivity index (χ1v) is 11.1. The third kappa shape index (κ3) is 4.31. The van der Waals surface area contributed by atoms with Crippen LogP contribution in [0, 0.1) is 13.8 Å². The summed E-state index contributed by atoms with van der Waals surface area (Å²) in [5.41, 5.74) is 4.26. The highest BCUT2D eigenvalue weighted by molar-refractivity contribution is 8.04. The van der Waals surface area contributed by atoms with Crippen molar-refractivity contribution in [1.29, 1.82) is 0 Å². The fourth-order valence-corrected chi connectivity index (χ4v) is 4.62. The van der Waals surface area contributed by atoms with Crippen molar-refractivity contribution in [2.75, 3.05) is 19.0 Å². The van der Waals surface area contributed by atoms with Gasteiger partial charge in [0.25, 0.3) is 5.91 Å². The Morgan fingerprint density at radius 1 is 1.12 bits per heavy atom. The molecule has 32 heavy (non-hydrogen) atoms. The number of imide groups is 1. The molecule has 2 aromatic rings. The van der Waals surface area contributed by atoms with E-state index in [1.165, 1.54) is 21.2 Å². The summed E-state index contributed by atoms with van der Waals surface area (Å²) in [4.78, 5) is 40.3. The largest absolute Gasteiger partial charge is 0.501 e. The Morgan fingerprint density at radius 3 is 2.56 bits per heavy atom. The summed E-state index contributed by atoms with van der Waals surface area (Å²) in [6.45, 7) is 4.00. The molecule has 4 amide bonds. The number of benzene rings is 2. The van der Waals surface area contributed by atoms with Crippen LogP contribution in [0.3, 0.4) is 0 Å². The third-order valence-electron chi connectivity index (χ3n) is 5.57. The van der Waals surface area contributed by atoms with Crippen LogP contribution in [0.4, 0.5) is 10.5 Å². The Hall–Kier alpha value is -3.39. The number of rotatable bonds is 6. The number of thioether (sulfide) groups is 1. The van der Waals surface area contributed by atoms with E-state index in [1.54, 1.807) is 42.9 Å². The van der Waals surface area contributed by atoms with Crippen molar-refractivity contribution in [2.45, 2.75) is 25.6 Å². The van der Waals surface area contributed by atoms with Crippen LogP contribution in [-0.4, -0.2) is 51.9 Å². The molecule has 0 saturated carbocycles. The number of amides is 4. The molecule has 0 aromatic heterocycles. The quantitative estimate of drug-likeness (QED) is 0.682. The highest BCUT2D eigenvalue weighted by Crippen LogP contribution is 2.29. The van der Waals surface area contributed by atoms with Crippen molar-refractivity contribution in [3.8, 4) is 5.75 Å². The third-order valence-corrected chi connectivity index (χ3v) is 6.58. The van der Waals surface area contributed by atoms with E-state index in [4.69, 9.17) is 4.74 Å².